The Balaban J connectivity index is 2.15. The minimum atomic E-state index is -0.584. The van der Waals surface area contributed by atoms with Crippen LogP contribution in [-0.2, 0) is 19.0 Å². The molecule has 5 nitrogen and oxygen atoms in total. The maximum atomic E-state index is 12.0. The SMILES string of the molecule is CCNC(C)(CCCCOCC1CCCO1)C(=O)OCC. The van der Waals surface area contributed by atoms with E-state index in [2.05, 4.69) is 5.32 Å². The van der Waals surface area contributed by atoms with Gasteiger partial charge < -0.3 is 19.5 Å². The smallest absolute Gasteiger partial charge is 0.326 e. The van der Waals surface area contributed by atoms with Gasteiger partial charge in [0.05, 0.1) is 19.3 Å². The van der Waals surface area contributed by atoms with Crippen molar-refractivity contribution in [2.24, 2.45) is 0 Å². The van der Waals surface area contributed by atoms with Gasteiger partial charge in [0.25, 0.3) is 0 Å². The Bertz CT molecular complexity index is 292. The second-order valence-corrected chi connectivity index (χ2v) is 5.75. The minimum Gasteiger partial charge on any atom is -0.465 e. The predicted molar refractivity (Wildman–Crippen MR) is 82.4 cm³/mol. The van der Waals surface area contributed by atoms with Crippen LogP contribution in [0.15, 0.2) is 0 Å². The van der Waals surface area contributed by atoms with Gasteiger partial charge in [-0.15, -0.1) is 0 Å². The number of nitrogens with one attached hydrogen (secondary N) is 1. The van der Waals surface area contributed by atoms with E-state index in [-0.39, 0.29) is 12.1 Å². The highest BCUT2D eigenvalue weighted by atomic mass is 16.5. The Morgan fingerprint density at radius 3 is 2.81 bits per heavy atom. The Morgan fingerprint density at radius 2 is 2.19 bits per heavy atom. The molecule has 5 heteroatoms. The Labute approximate surface area is 128 Å². The molecule has 2 unspecified atom stereocenters. The van der Waals surface area contributed by atoms with E-state index < -0.39 is 5.54 Å². The first-order chi connectivity index (χ1) is 10.1. The lowest BCUT2D eigenvalue weighted by molar-refractivity contribution is -0.150. The maximum Gasteiger partial charge on any atom is 0.326 e. The monoisotopic (exact) mass is 301 g/mol. The largest absolute Gasteiger partial charge is 0.465 e. The van der Waals surface area contributed by atoms with Crippen molar-refractivity contribution in [3.05, 3.63) is 0 Å². The molecule has 0 aromatic carbocycles. The van der Waals surface area contributed by atoms with E-state index in [1.807, 2.05) is 20.8 Å². The van der Waals surface area contributed by atoms with Crippen LogP contribution < -0.4 is 5.32 Å². The molecule has 1 aliphatic heterocycles. The third kappa shape index (κ3) is 6.76. The summed E-state index contributed by atoms with van der Waals surface area (Å²) >= 11 is 0. The lowest BCUT2D eigenvalue weighted by Crippen LogP contribution is -2.50. The molecule has 1 saturated heterocycles. The van der Waals surface area contributed by atoms with E-state index in [0.29, 0.717) is 13.2 Å². The second kappa shape index (κ2) is 10.1. The molecule has 0 aromatic rings. The molecule has 21 heavy (non-hydrogen) atoms. The molecule has 1 aliphatic rings. The van der Waals surface area contributed by atoms with Crippen LogP contribution in [0.3, 0.4) is 0 Å². The van der Waals surface area contributed by atoms with Crippen LogP contribution in [0.25, 0.3) is 0 Å². The van der Waals surface area contributed by atoms with Gasteiger partial charge in [-0.05, 0) is 52.5 Å². The third-order valence-corrected chi connectivity index (χ3v) is 3.84. The van der Waals surface area contributed by atoms with Crippen LogP contribution in [0.2, 0.25) is 0 Å². The number of likely N-dealkylation sites (N-methyl/N-ethyl adjacent to an activating group) is 1. The van der Waals surface area contributed by atoms with Gasteiger partial charge in [-0.2, -0.15) is 0 Å². The van der Waals surface area contributed by atoms with Gasteiger partial charge >= 0.3 is 5.97 Å². The first-order valence-corrected chi connectivity index (χ1v) is 8.24. The van der Waals surface area contributed by atoms with Gasteiger partial charge in [0.15, 0.2) is 0 Å². The summed E-state index contributed by atoms with van der Waals surface area (Å²) in [5.41, 5.74) is -0.584. The van der Waals surface area contributed by atoms with E-state index in [0.717, 1.165) is 51.9 Å². The van der Waals surface area contributed by atoms with Crippen LogP contribution in [0, 0.1) is 0 Å². The first kappa shape index (κ1) is 18.4. The Hall–Kier alpha value is -0.650. The molecule has 1 fully saturated rings. The Morgan fingerprint density at radius 1 is 1.38 bits per heavy atom. The molecule has 0 amide bonds. The van der Waals surface area contributed by atoms with Crippen LogP contribution in [-0.4, -0.2) is 50.6 Å². The van der Waals surface area contributed by atoms with Crippen molar-refractivity contribution in [1.82, 2.24) is 5.32 Å². The molecule has 0 saturated carbocycles. The van der Waals surface area contributed by atoms with E-state index in [1.54, 1.807) is 0 Å². The van der Waals surface area contributed by atoms with Gasteiger partial charge in [-0.1, -0.05) is 6.92 Å². The van der Waals surface area contributed by atoms with Crippen molar-refractivity contribution in [2.45, 2.75) is 64.5 Å². The first-order valence-electron chi connectivity index (χ1n) is 8.24. The number of unbranched alkanes of at least 4 members (excludes halogenated alkanes) is 1. The summed E-state index contributed by atoms with van der Waals surface area (Å²) in [5.74, 6) is -0.160. The molecule has 2 atom stereocenters. The van der Waals surface area contributed by atoms with E-state index >= 15 is 0 Å². The summed E-state index contributed by atoms with van der Waals surface area (Å²) < 4.78 is 16.3. The third-order valence-electron chi connectivity index (χ3n) is 3.84. The van der Waals surface area contributed by atoms with Gasteiger partial charge in [-0.3, -0.25) is 4.79 Å². The molecule has 0 aliphatic carbocycles. The molecule has 0 radical (unpaired) electrons. The van der Waals surface area contributed by atoms with Crippen molar-refractivity contribution in [3.8, 4) is 0 Å². The zero-order valence-corrected chi connectivity index (χ0v) is 13.8. The lowest BCUT2D eigenvalue weighted by atomic mass is 9.95. The number of hydrogen-bond acceptors (Lipinski definition) is 5. The number of esters is 1. The quantitative estimate of drug-likeness (QED) is 0.469. The van der Waals surface area contributed by atoms with Gasteiger partial charge in [0.1, 0.15) is 5.54 Å². The summed E-state index contributed by atoms with van der Waals surface area (Å²) in [5, 5.41) is 3.24. The number of ether oxygens (including phenoxy) is 3. The summed E-state index contributed by atoms with van der Waals surface area (Å²) in [6, 6.07) is 0. The van der Waals surface area contributed by atoms with E-state index in [4.69, 9.17) is 14.2 Å². The summed E-state index contributed by atoms with van der Waals surface area (Å²) in [6.45, 7) is 9.23. The molecule has 0 aromatic heterocycles. The standard InChI is InChI=1S/C16H31NO4/c1-4-17-16(3,15(18)20-5-2)10-6-7-11-19-13-14-9-8-12-21-14/h14,17H,4-13H2,1-3H3. The van der Waals surface area contributed by atoms with Crippen molar-refractivity contribution < 1.29 is 19.0 Å². The number of hydrogen-bond donors (Lipinski definition) is 1. The van der Waals surface area contributed by atoms with E-state index in [1.165, 1.54) is 0 Å². The van der Waals surface area contributed by atoms with Crippen molar-refractivity contribution >= 4 is 5.97 Å². The molecule has 1 N–H and O–H groups in total. The fraction of sp³-hybridized carbons (Fsp3) is 0.938. The molecule has 1 rings (SSSR count). The molecular formula is C16H31NO4. The van der Waals surface area contributed by atoms with Crippen LogP contribution in [0.1, 0.15) is 52.9 Å². The number of carbonyl (C=O) groups is 1. The summed E-state index contributed by atoms with van der Waals surface area (Å²) in [6.07, 6.45) is 5.21. The highest BCUT2D eigenvalue weighted by Gasteiger charge is 2.32. The van der Waals surface area contributed by atoms with Crippen molar-refractivity contribution in [2.75, 3.05) is 33.0 Å². The highest BCUT2D eigenvalue weighted by Crippen LogP contribution is 2.17. The van der Waals surface area contributed by atoms with E-state index in [9.17, 15) is 4.79 Å². The average molecular weight is 301 g/mol. The van der Waals surface area contributed by atoms with Crippen molar-refractivity contribution in [1.29, 1.82) is 0 Å². The molecule has 124 valence electrons. The fourth-order valence-corrected chi connectivity index (χ4v) is 2.62. The number of rotatable bonds is 11. The minimum absolute atomic E-state index is 0.160. The predicted octanol–water partition coefficient (Wildman–Crippen LogP) is 2.28. The highest BCUT2D eigenvalue weighted by molar-refractivity contribution is 5.80. The summed E-state index contributed by atoms with van der Waals surface area (Å²) in [7, 11) is 0. The normalized spacial score (nSPS) is 21.2. The van der Waals surface area contributed by atoms with Crippen LogP contribution in [0.4, 0.5) is 0 Å². The summed E-state index contributed by atoms with van der Waals surface area (Å²) in [4.78, 5) is 12.0. The molecule has 0 spiro atoms. The fourth-order valence-electron chi connectivity index (χ4n) is 2.62. The van der Waals surface area contributed by atoms with Crippen LogP contribution in [0.5, 0.6) is 0 Å². The Kier molecular flexibility index (Phi) is 8.88. The van der Waals surface area contributed by atoms with Gasteiger partial charge in [0.2, 0.25) is 0 Å². The van der Waals surface area contributed by atoms with Gasteiger partial charge in [0, 0.05) is 13.2 Å². The van der Waals surface area contributed by atoms with Gasteiger partial charge in [-0.25, -0.2) is 0 Å². The average Bonchev–Trinajstić information content (AvgIpc) is 2.96. The number of carbonyl (C=O) groups excluding carboxylic acids is 1. The molecule has 1 heterocycles. The zero-order valence-electron chi connectivity index (χ0n) is 13.8. The lowest BCUT2D eigenvalue weighted by Gasteiger charge is -2.28. The zero-order chi connectivity index (χ0) is 15.6. The van der Waals surface area contributed by atoms with Crippen LogP contribution >= 0.6 is 0 Å². The molecular weight excluding hydrogens is 270 g/mol. The topological polar surface area (TPSA) is 56.8 Å². The second-order valence-electron chi connectivity index (χ2n) is 5.75. The maximum absolute atomic E-state index is 12.0. The van der Waals surface area contributed by atoms with Crippen molar-refractivity contribution in [3.63, 3.8) is 0 Å². The molecule has 0 bridgehead atoms.